The van der Waals surface area contributed by atoms with Crippen LogP contribution in [-0.2, 0) is 10.8 Å². The maximum atomic E-state index is 5.51. The highest BCUT2D eigenvalue weighted by Gasteiger charge is 2.19. The van der Waals surface area contributed by atoms with Crippen molar-refractivity contribution in [2.75, 3.05) is 7.11 Å². The van der Waals surface area contributed by atoms with Gasteiger partial charge in [0.05, 0.1) is 0 Å². The SMILES string of the molecule is CO[Si](C)(C)CCCc1ccccc1. The molecular formula is C12H20OSi. The van der Waals surface area contributed by atoms with E-state index in [1.807, 2.05) is 7.11 Å². The van der Waals surface area contributed by atoms with Gasteiger partial charge in [-0.3, -0.25) is 0 Å². The lowest BCUT2D eigenvalue weighted by Crippen LogP contribution is -2.28. The maximum absolute atomic E-state index is 5.51. The van der Waals surface area contributed by atoms with Gasteiger partial charge in [0.15, 0.2) is 8.32 Å². The van der Waals surface area contributed by atoms with Crippen LogP contribution < -0.4 is 0 Å². The summed E-state index contributed by atoms with van der Waals surface area (Å²) in [4.78, 5) is 0. The molecule has 0 saturated carbocycles. The standard InChI is InChI=1S/C12H20OSi/c1-13-14(2,3)11-7-10-12-8-5-4-6-9-12/h4-6,8-9H,7,10-11H2,1-3H3. The van der Waals surface area contributed by atoms with Crippen molar-refractivity contribution in [3.05, 3.63) is 35.9 Å². The first-order chi connectivity index (χ1) is 6.64. The predicted molar refractivity (Wildman–Crippen MR) is 64.1 cm³/mol. The number of aryl methyl sites for hydroxylation is 1. The monoisotopic (exact) mass is 208 g/mol. The summed E-state index contributed by atoms with van der Waals surface area (Å²) in [6.07, 6.45) is 2.43. The summed E-state index contributed by atoms with van der Waals surface area (Å²) in [6, 6.07) is 11.9. The van der Waals surface area contributed by atoms with E-state index in [1.165, 1.54) is 24.4 Å². The van der Waals surface area contributed by atoms with Gasteiger partial charge in [-0.15, -0.1) is 0 Å². The fraction of sp³-hybridized carbons (Fsp3) is 0.500. The molecule has 78 valence electrons. The minimum absolute atomic E-state index is 1.18. The molecular weight excluding hydrogens is 188 g/mol. The van der Waals surface area contributed by atoms with Crippen molar-refractivity contribution >= 4 is 8.32 Å². The molecule has 0 atom stereocenters. The minimum Gasteiger partial charge on any atom is -0.420 e. The Kier molecular flexibility index (Phi) is 4.36. The molecule has 0 heterocycles. The van der Waals surface area contributed by atoms with Gasteiger partial charge in [-0.25, -0.2) is 0 Å². The van der Waals surface area contributed by atoms with Crippen molar-refractivity contribution < 1.29 is 4.43 Å². The van der Waals surface area contributed by atoms with E-state index in [0.717, 1.165) is 0 Å². The molecule has 1 aromatic carbocycles. The highest BCUT2D eigenvalue weighted by atomic mass is 28.4. The Bertz CT molecular complexity index is 256. The Hall–Kier alpha value is -0.603. The van der Waals surface area contributed by atoms with Crippen LogP contribution in [0.1, 0.15) is 12.0 Å². The molecule has 1 rings (SSSR count). The van der Waals surface area contributed by atoms with E-state index in [-0.39, 0.29) is 0 Å². The third-order valence-corrected chi connectivity index (χ3v) is 5.30. The zero-order chi connectivity index (χ0) is 10.4. The lowest BCUT2D eigenvalue weighted by molar-refractivity contribution is 0.402. The van der Waals surface area contributed by atoms with E-state index in [0.29, 0.717) is 0 Å². The molecule has 0 aliphatic heterocycles. The zero-order valence-electron chi connectivity index (χ0n) is 9.42. The topological polar surface area (TPSA) is 9.23 Å². The average molecular weight is 208 g/mol. The third kappa shape index (κ3) is 4.07. The Morgan fingerprint density at radius 3 is 2.36 bits per heavy atom. The quantitative estimate of drug-likeness (QED) is 0.673. The van der Waals surface area contributed by atoms with Crippen molar-refractivity contribution in [2.24, 2.45) is 0 Å². The van der Waals surface area contributed by atoms with Crippen LogP contribution in [-0.4, -0.2) is 15.4 Å². The summed E-state index contributed by atoms with van der Waals surface area (Å²) in [5.74, 6) is 0. The van der Waals surface area contributed by atoms with Crippen molar-refractivity contribution in [3.8, 4) is 0 Å². The van der Waals surface area contributed by atoms with E-state index in [1.54, 1.807) is 0 Å². The molecule has 0 bridgehead atoms. The van der Waals surface area contributed by atoms with Crippen molar-refractivity contribution in [1.82, 2.24) is 0 Å². The van der Waals surface area contributed by atoms with Crippen LogP contribution >= 0.6 is 0 Å². The second-order valence-corrected chi connectivity index (χ2v) is 8.73. The lowest BCUT2D eigenvalue weighted by Gasteiger charge is -2.19. The zero-order valence-corrected chi connectivity index (χ0v) is 10.4. The summed E-state index contributed by atoms with van der Waals surface area (Å²) in [6.45, 7) is 4.55. The Labute approximate surface area is 88.2 Å². The largest absolute Gasteiger partial charge is 0.420 e. The van der Waals surface area contributed by atoms with Crippen LogP contribution in [0.3, 0.4) is 0 Å². The van der Waals surface area contributed by atoms with Crippen molar-refractivity contribution in [1.29, 1.82) is 0 Å². The summed E-state index contributed by atoms with van der Waals surface area (Å²) < 4.78 is 5.51. The van der Waals surface area contributed by atoms with E-state index in [2.05, 4.69) is 43.4 Å². The second kappa shape index (κ2) is 5.32. The molecule has 0 aromatic heterocycles. The van der Waals surface area contributed by atoms with Gasteiger partial charge in [-0.1, -0.05) is 30.3 Å². The molecule has 1 nitrogen and oxygen atoms in total. The minimum atomic E-state index is -1.33. The lowest BCUT2D eigenvalue weighted by atomic mass is 10.1. The first-order valence-electron chi connectivity index (χ1n) is 5.23. The molecule has 0 aliphatic rings. The van der Waals surface area contributed by atoms with Crippen LogP contribution in [0.2, 0.25) is 19.1 Å². The van der Waals surface area contributed by atoms with Gasteiger partial charge in [-0.2, -0.15) is 0 Å². The van der Waals surface area contributed by atoms with Gasteiger partial charge in [0.25, 0.3) is 0 Å². The van der Waals surface area contributed by atoms with Gasteiger partial charge < -0.3 is 4.43 Å². The molecule has 1 aromatic rings. The van der Waals surface area contributed by atoms with Crippen LogP contribution in [0.4, 0.5) is 0 Å². The van der Waals surface area contributed by atoms with Gasteiger partial charge >= 0.3 is 0 Å². The summed E-state index contributed by atoms with van der Waals surface area (Å²) in [5, 5.41) is 0. The van der Waals surface area contributed by atoms with Crippen LogP contribution in [0.15, 0.2) is 30.3 Å². The van der Waals surface area contributed by atoms with Crippen LogP contribution in [0.25, 0.3) is 0 Å². The van der Waals surface area contributed by atoms with Crippen molar-refractivity contribution in [3.63, 3.8) is 0 Å². The molecule has 0 spiro atoms. The smallest absolute Gasteiger partial charge is 0.186 e. The molecule has 14 heavy (non-hydrogen) atoms. The van der Waals surface area contributed by atoms with Gasteiger partial charge in [0.2, 0.25) is 0 Å². The summed E-state index contributed by atoms with van der Waals surface area (Å²) in [5.41, 5.74) is 1.44. The van der Waals surface area contributed by atoms with E-state index < -0.39 is 8.32 Å². The Morgan fingerprint density at radius 2 is 1.79 bits per heavy atom. The summed E-state index contributed by atoms with van der Waals surface area (Å²) in [7, 11) is 0.511. The van der Waals surface area contributed by atoms with E-state index in [9.17, 15) is 0 Å². The number of benzene rings is 1. The number of rotatable bonds is 5. The van der Waals surface area contributed by atoms with Gasteiger partial charge in [0.1, 0.15) is 0 Å². The molecule has 0 amide bonds. The number of hydrogen-bond donors (Lipinski definition) is 0. The normalized spacial score (nSPS) is 11.6. The molecule has 0 fully saturated rings. The molecule has 0 saturated heterocycles. The van der Waals surface area contributed by atoms with Crippen LogP contribution in [0, 0.1) is 0 Å². The highest BCUT2D eigenvalue weighted by molar-refractivity contribution is 6.71. The first-order valence-corrected chi connectivity index (χ1v) is 8.35. The number of hydrogen-bond acceptors (Lipinski definition) is 1. The van der Waals surface area contributed by atoms with Crippen molar-refractivity contribution in [2.45, 2.75) is 32.0 Å². The molecule has 2 heteroatoms. The first kappa shape index (κ1) is 11.5. The Balaban J connectivity index is 2.29. The predicted octanol–water partition coefficient (Wildman–Crippen LogP) is 3.47. The van der Waals surface area contributed by atoms with E-state index in [4.69, 9.17) is 4.43 Å². The Morgan fingerprint density at radius 1 is 1.14 bits per heavy atom. The third-order valence-electron chi connectivity index (χ3n) is 2.64. The fourth-order valence-corrected chi connectivity index (χ4v) is 2.70. The second-order valence-electron chi connectivity index (χ2n) is 4.30. The van der Waals surface area contributed by atoms with Gasteiger partial charge in [-0.05, 0) is 37.5 Å². The molecule has 0 aliphatic carbocycles. The van der Waals surface area contributed by atoms with Crippen LogP contribution in [0.5, 0.6) is 0 Å². The maximum Gasteiger partial charge on any atom is 0.186 e. The average Bonchev–Trinajstić information content (AvgIpc) is 2.19. The molecule has 0 radical (unpaired) electrons. The summed E-state index contributed by atoms with van der Waals surface area (Å²) >= 11 is 0. The molecule has 0 unspecified atom stereocenters. The molecule has 0 N–H and O–H groups in total. The van der Waals surface area contributed by atoms with E-state index >= 15 is 0 Å². The fourth-order valence-electron chi connectivity index (χ4n) is 1.46. The van der Waals surface area contributed by atoms with Gasteiger partial charge in [0, 0.05) is 7.11 Å². The highest BCUT2D eigenvalue weighted by Crippen LogP contribution is 2.14.